The van der Waals surface area contributed by atoms with Crippen LogP contribution in [0.3, 0.4) is 0 Å². The van der Waals surface area contributed by atoms with Crippen LogP contribution in [0.2, 0.25) is 0 Å². The van der Waals surface area contributed by atoms with Crippen molar-refractivity contribution in [1.82, 2.24) is 10.2 Å². The Kier molecular flexibility index (Phi) is 3.65. The fourth-order valence-corrected chi connectivity index (χ4v) is 2.66. The zero-order valence-corrected chi connectivity index (χ0v) is 11.7. The lowest BCUT2D eigenvalue weighted by molar-refractivity contribution is 0.154. The predicted molar refractivity (Wildman–Crippen MR) is 79.7 cm³/mol. The van der Waals surface area contributed by atoms with Crippen molar-refractivity contribution in [3.63, 3.8) is 0 Å². The van der Waals surface area contributed by atoms with Crippen LogP contribution in [0.15, 0.2) is 36.4 Å². The molecule has 1 unspecified atom stereocenters. The monoisotopic (exact) mass is 269 g/mol. The van der Waals surface area contributed by atoms with Gasteiger partial charge in [-0.15, -0.1) is 10.2 Å². The molecule has 1 fully saturated rings. The molecule has 0 aliphatic carbocycles. The van der Waals surface area contributed by atoms with Gasteiger partial charge in [0.15, 0.2) is 5.82 Å². The van der Waals surface area contributed by atoms with Gasteiger partial charge in [0.2, 0.25) is 0 Å². The summed E-state index contributed by atoms with van der Waals surface area (Å²) in [4.78, 5) is 2.10. The predicted octanol–water partition coefficient (Wildman–Crippen LogP) is 2.41. The van der Waals surface area contributed by atoms with E-state index in [-0.39, 0.29) is 6.10 Å². The van der Waals surface area contributed by atoms with E-state index in [4.69, 9.17) is 0 Å². The lowest BCUT2D eigenvalue weighted by atomic mass is 10.1. The molecule has 0 amide bonds. The smallest absolute Gasteiger partial charge is 0.151 e. The minimum Gasteiger partial charge on any atom is -0.391 e. The van der Waals surface area contributed by atoms with Gasteiger partial charge in [0.25, 0.3) is 0 Å². The largest absolute Gasteiger partial charge is 0.391 e. The Morgan fingerprint density at radius 1 is 1.15 bits per heavy atom. The van der Waals surface area contributed by atoms with Crippen LogP contribution in [-0.2, 0) is 0 Å². The quantitative estimate of drug-likeness (QED) is 0.909. The number of β-amino-alcohol motifs (C(OH)–C–C–N with tert-alkyl or cyclic N) is 1. The van der Waals surface area contributed by atoms with Crippen LogP contribution in [-0.4, -0.2) is 34.5 Å². The van der Waals surface area contributed by atoms with Crippen LogP contribution in [0.25, 0.3) is 11.3 Å². The summed E-state index contributed by atoms with van der Waals surface area (Å²) in [6.07, 6.45) is 1.63. The number of nitrogens with zero attached hydrogens (tertiary/aromatic N) is 3. The molecule has 1 aliphatic heterocycles. The van der Waals surface area contributed by atoms with Gasteiger partial charge in [-0.2, -0.15) is 0 Å². The first-order valence-corrected chi connectivity index (χ1v) is 7.07. The summed E-state index contributed by atoms with van der Waals surface area (Å²) < 4.78 is 0. The van der Waals surface area contributed by atoms with Crippen LogP contribution in [0, 0.1) is 6.92 Å². The van der Waals surface area contributed by atoms with Crippen molar-refractivity contribution in [2.45, 2.75) is 25.9 Å². The van der Waals surface area contributed by atoms with Crippen LogP contribution in [0.4, 0.5) is 5.82 Å². The molecule has 2 heterocycles. The van der Waals surface area contributed by atoms with Crippen molar-refractivity contribution in [3.8, 4) is 11.3 Å². The fraction of sp³-hybridized carbons (Fsp3) is 0.375. The minimum atomic E-state index is -0.249. The highest BCUT2D eigenvalue weighted by Gasteiger charge is 2.19. The first kappa shape index (κ1) is 13.1. The topological polar surface area (TPSA) is 49.2 Å². The second-order valence-electron chi connectivity index (χ2n) is 5.33. The molecule has 0 radical (unpaired) electrons. The van der Waals surface area contributed by atoms with Crippen molar-refractivity contribution in [3.05, 3.63) is 42.0 Å². The van der Waals surface area contributed by atoms with Gasteiger partial charge in [-0.3, -0.25) is 0 Å². The highest BCUT2D eigenvalue weighted by atomic mass is 16.3. The molecule has 1 aromatic heterocycles. The first-order valence-electron chi connectivity index (χ1n) is 7.07. The van der Waals surface area contributed by atoms with Gasteiger partial charge >= 0.3 is 0 Å². The van der Waals surface area contributed by atoms with Crippen LogP contribution in [0.1, 0.15) is 18.4 Å². The fourth-order valence-electron chi connectivity index (χ4n) is 2.66. The molecule has 3 rings (SSSR count). The third kappa shape index (κ3) is 2.65. The third-order valence-corrected chi connectivity index (χ3v) is 3.79. The number of hydrogen-bond donors (Lipinski definition) is 1. The Morgan fingerprint density at radius 2 is 2.00 bits per heavy atom. The molecule has 0 spiro atoms. The van der Waals surface area contributed by atoms with Gasteiger partial charge in [-0.1, -0.05) is 24.3 Å². The van der Waals surface area contributed by atoms with E-state index in [9.17, 15) is 5.11 Å². The number of aryl methyl sites for hydroxylation is 1. The number of piperidine rings is 1. The SMILES string of the molecule is Cc1ccccc1-c1ccc(N2CCCC(O)C2)nn1. The molecule has 20 heavy (non-hydrogen) atoms. The Balaban J connectivity index is 1.83. The summed E-state index contributed by atoms with van der Waals surface area (Å²) in [5.74, 6) is 0.848. The van der Waals surface area contributed by atoms with E-state index < -0.39 is 0 Å². The standard InChI is InChI=1S/C16H19N3O/c1-12-5-2-3-7-14(12)15-8-9-16(18-17-15)19-10-4-6-13(20)11-19/h2-3,5,7-9,13,20H,4,6,10-11H2,1H3. The maximum absolute atomic E-state index is 9.72. The van der Waals surface area contributed by atoms with Gasteiger partial charge < -0.3 is 10.0 Å². The second-order valence-corrected chi connectivity index (χ2v) is 5.33. The van der Waals surface area contributed by atoms with E-state index >= 15 is 0 Å². The van der Waals surface area contributed by atoms with E-state index in [2.05, 4.69) is 34.2 Å². The van der Waals surface area contributed by atoms with Gasteiger partial charge in [0.1, 0.15) is 0 Å². The van der Waals surface area contributed by atoms with Crippen molar-refractivity contribution in [1.29, 1.82) is 0 Å². The van der Waals surface area contributed by atoms with Crippen molar-refractivity contribution < 1.29 is 5.11 Å². The average Bonchev–Trinajstić information content (AvgIpc) is 2.48. The third-order valence-electron chi connectivity index (χ3n) is 3.79. The number of benzene rings is 1. The second kappa shape index (κ2) is 5.59. The van der Waals surface area contributed by atoms with Gasteiger partial charge in [0, 0.05) is 18.7 Å². The molecule has 0 bridgehead atoms. The minimum absolute atomic E-state index is 0.249. The maximum atomic E-state index is 9.72. The zero-order chi connectivity index (χ0) is 13.9. The van der Waals surface area contributed by atoms with Crippen molar-refractivity contribution in [2.24, 2.45) is 0 Å². The maximum Gasteiger partial charge on any atom is 0.151 e. The molecule has 1 saturated heterocycles. The molecule has 2 aromatic rings. The molecule has 104 valence electrons. The Morgan fingerprint density at radius 3 is 2.70 bits per heavy atom. The molecule has 0 saturated carbocycles. The molecule has 1 aliphatic rings. The molecule has 1 N–H and O–H groups in total. The lowest BCUT2D eigenvalue weighted by Crippen LogP contribution is -2.38. The highest BCUT2D eigenvalue weighted by molar-refractivity contribution is 5.63. The average molecular weight is 269 g/mol. The molecule has 4 heteroatoms. The summed E-state index contributed by atoms with van der Waals surface area (Å²) in [6.45, 7) is 3.67. The van der Waals surface area contributed by atoms with Crippen LogP contribution >= 0.6 is 0 Å². The molecule has 1 aromatic carbocycles. The number of aromatic nitrogens is 2. The molecular formula is C16H19N3O. The Hall–Kier alpha value is -1.94. The summed E-state index contributed by atoms with van der Waals surface area (Å²) in [7, 11) is 0. The number of aliphatic hydroxyl groups excluding tert-OH is 1. The summed E-state index contributed by atoms with van der Waals surface area (Å²) >= 11 is 0. The summed E-state index contributed by atoms with van der Waals surface area (Å²) in [6, 6.07) is 12.2. The number of aliphatic hydroxyl groups is 1. The van der Waals surface area contributed by atoms with Crippen LogP contribution < -0.4 is 4.90 Å². The Bertz CT molecular complexity index is 583. The number of anilines is 1. The van der Waals surface area contributed by atoms with Crippen LogP contribution in [0.5, 0.6) is 0 Å². The summed E-state index contributed by atoms with van der Waals surface area (Å²) in [5, 5.41) is 18.4. The Labute approximate surface area is 119 Å². The van der Waals surface area contributed by atoms with Gasteiger partial charge in [0.05, 0.1) is 11.8 Å². The number of hydrogen-bond acceptors (Lipinski definition) is 4. The van der Waals surface area contributed by atoms with Crippen molar-refractivity contribution >= 4 is 5.82 Å². The molecule has 4 nitrogen and oxygen atoms in total. The molecular weight excluding hydrogens is 250 g/mol. The number of rotatable bonds is 2. The normalized spacial score (nSPS) is 19.1. The zero-order valence-electron chi connectivity index (χ0n) is 11.7. The van der Waals surface area contributed by atoms with E-state index in [1.54, 1.807) is 0 Å². The van der Waals surface area contributed by atoms with E-state index in [0.29, 0.717) is 6.54 Å². The van der Waals surface area contributed by atoms with Gasteiger partial charge in [-0.05, 0) is 37.5 Å². The van der Waals surface area contributed by atoms with Crippen molar-refractivity contribution in [2.75, 3.05) is 18.0 Å². The first-order chi connectivity index (χ1) is 9.74. The van der Waals surface area contributed by atoms with Gasteiger partial charge in [-0.25, -0.2) is 0 Å². The van der Waals surface area contributed by atoms with E-state index in [1.165, 1.54) is 5.56 Å². The lowest BCUT2D eigenvalue weighted by Gasteiger charge is -2.30. The van der Waals surface area contributed by atoms with E-state index in [0.717, 1.165) is 36.5 Å². The summed E-state index contributed by atoms with van der Waals surface area (Å²) in [5.41, 5.74) is 3.21. The highest BCUT2D eigenvalue weighted by Crippen LogP contribution is 2.23. The van der Waals surface area contributed by atoms with E-state index in [1.807, 2.05) is 24.3 Å². The molecule has 1 atom stereocenters.